The highest BCUT2D eigenvalue weighted by atomic mass is 16.5. The number of hydrogen-bond donors (Lipinski definition) is 0. The topological polar surface area (TPSA) is 26.3 Å². The van der Waals surface area contributed by atoms with Gasteiger partial charge < -0.3 is 4.74 Å². The molecule has 0 N–H and O–H groups in total. The highest BCUT2D eigenvalue weighted by Gasteiger charge is 2.15. The summed E-state index contributed by atoms with van der Waals surface area (Å²) in [5.74, 6) is 1.77. The number of ether oxygens (including phenoxy) is 1. The van der Waals surface area contributed by atoms with Gasteiger partial charge in [-0.2, -0.15) is 0 Å². The van der Waals surface area contributed by atoms with Crippen molar-refractivity contribution in [1.82, 2.24) is 0 Å². The van der Waals surface area contributed by atoms with Gasteiger partial charge in [0.05, 0.1) is 7.11 Å². The summed E-state index contributed by atoms with van der Waals surface area (Å²) >= 11 is 0. The first-order valence-corrected chi connectivity index (χ1v) is 6.23. The Labute approximate surface area is 104 Å². The van der Waals surface area contributed by atoms with Crippen LogP contribution in [0, 0.1) is 11.8 Å². The van der Waals surface area contributed by atoms with Gasteiger partial charge in [0, 0.05) is 11.5 Å². The molecule has 0 spiro atoms. The van der Waals surface area contributed by atoms with Crippen molar-refractivity contribution in [2.24, 2.45) is 11.8 Å². The van der Waals surface area contributed by atoms with Crippen LogP contribution in [0.5, 0.6) is 5.75 Å². The third kappa shape index (κ3) is 4.22. The standard InChI is InChI=1S/C15H22O2/c1-11(2)5-6-12(3)15(16)13-7-9-14(17-4)10-8-13/h7-12H,5-6H2,1-4H3. The molecule has 0 amide bonds. The van der Waals surface area contributed by atoms with Gasteiger partial charge in [0.1, 0.15) is 5.75 Å². The largest absolute Gasteiger partial charge is 0.497 e. The van der Waals surface area contributed by atoms with E-state index < -0.39 is 0 Å². The van der Waals surface area contributed by atoms with Crippen LogP contribution in [-0.4, -0.2) is 12.9 Å². The summed E-state index contributed by atoms with van der Waals surface area (Å²) in [6.07, 6.45) is 2.06. The van der Waals surface area contributed by atoms with Crippen LogP contribution >= 0.6 is 0 Å². The fourth-order valence-corrected chi connectivity index (χ4v) is 1.75. The van der Waals surface area contributed by atoms with Crippen LogP contribution in [0.1, 0.15) is 44.0 Å². The van der Waals surface area contributed by atoms with E-state index >= 15 is 0 Å². The Kier molecular flexibility index (Phi) is 5.20. The molecule has 2 heteroatoms. The molecule has 2 nitrogen and oxygen atoms in total. The number of carbonyl (C=O) groups excluding carboxylic acids is 1. The number of Topliss-reactive ketones (excluding diaryl/α,β-unsaturated/α-hetero) is 1. The molecular weight excluding hydrogens is 212 g/mol. The van der Waals surface area contributed by atoms with Crippen LogP contribution in [0.25, 0.3) is 0 Å². The Hall–Kier alpha value is -1.31. The van der Waals surface area contributed by atoms with Crippen LogP contribution in [0.3, 0.4) is 0 Å². The maximum atomic E-state index is 12.1. The Morgan fingerprint density at radius 1 is 1.12 bits per heavy atom. The number of carbonyl (C=O) groups is 1. The minimum atomic E-state index is 0.103. The molecule has 0 aliphatic heterocycles. The molecule has 0 aliphatic rings. The summed E-state index contributed by atoms with van der Waals surface area (Å²) < 4.78 is 5.08. The molecule has 0 bridgehead atoms. The molecular formula is C15H22O2. The highest BCUT2D eigenvalue weighted by Crippen LogP contribution is 2.19. The first-order valence-electron chi connectivity index (χ1n) is 6.23. The van der Waals surface area contributed by atoms with Crippen molar-refractivity contribution in [3.63, 3.8) is 0 Å². The molecule has 94 valence electrons. The van der Waals surface area contributed by atoms with Crippen molar-refractivity contribution >= 4 is 5.78 Å². The number of methoxy groups -OCH3 is 1. The Morgan fingerprint density at radius 2 is 1.71 bits per heavy atom. The molecule has 1 rings (SSSR count). The minimum absolute atomic E-state index is 0.103. The fourth-order valence-electron chi connectivity index (χ4n) is 1.75. The van der Waals surface area contributed by atoms with E-state index in [0.29, 0.717) is 5.92 Å². The van der Waals surface area contributed by atoms with Crippen LogP contribution in [0.4, 0.5) is 0 Å². The van der Waals surface area contributed by atoms with Gasteiger partial charge in [0.2, 0.25) is 0 Å². The molecule has 0 saturated carbocycles. The number of ketones is 1. The smallest absolute Gasteiger partial charge is 0.165 e. The molecule has 17 heavy (non-hydrogen) atoms. The average molecular weight is 234 g/mol. The number of benzene rings is 1. The molecule has 0 heterocycles. The first kappa shape index (κ1) is 13.8. The van der Waals surface area contributed by atoms with Gasteiger partial charge >= 0.3 is 0 Å². The quantitative estimate of drug-likeness (QED) is 0.697. The van der Waals surface area contributed by atoms with Gasteiger partial charge in [0.25, 0.3) is 0 Å². The molecule has 0 radical (unpaired) electrons. The van der Waals surface area contributed by atoms with Crippen molar-refractivity contribution in [1.29, 1.82) is 0 Å². The van der Waals surface area contributed by atoms with Gasteiger partial charge in [-0.1, -0.05) is 27.2 Å². The van der Waals surface area contributed by atoms with E-state index in [1.165, 1.54) is 0 Å². The van der Waals surface area contributed by atoms with Crippen molar-refractivity contribution in [2.45, 2.75) is 33.6 Å². The summed E-state index contributed by atoms with van der Waals surface area (Å²) in [4.78, 5) is 12.1. The van der Waals surface area contributed by atoms with Crippen LogP contribution in [0.2, 0.25) is 0 Å². The summed E-state index contributed by atoms with van der Waals surface area (Å²) in [7, 11) is 1.63. The number of hydrogen-bond acceptors (Lipinski definition) is 2. The second-order valence-corrected chi connectivity index (χ2v) is 4.96. The Balaban J connectivity index is 2.61. The van der Waals surface area contributed by atoms with Crippen molar-refractivity contribution in [2.75, 3.05) is 7.11 Å². The molecule has 0 aromatic heterocycles. The maximum Gasteiger partial charge on any atom is 0.165 e. The van der Waals surface area contributed by atoms with Crippen molar-refractivity contribution in [3.05, 3.63) is 29.8 Å². The minimum Gasteiger partial charge on any atom is -0.497 e. The van der Waals surface area contributed by atoms with Gasteiger partial charge in [-0.25, -0.2) is 0 Å². The van der Waals surface area contributed by atoms with E-state index in [1.807, 2.05) is 31.2 Å². The first-order chi connectivity index (χ1) is 8.04. The second kappa shape index (κ2) is 6.43. The van der Waals surface area contributed by atoms with Crippen LogP contribution in [-0.2, 0) is 0 Å². The monoisotopic (exact) mass is 234 g/mol. The predicted octanol–water partition coefficient (Wildman–Crippen LogP) is 3.95. The van der Waals surface area contributed by atoms with Gasteiger partial charge in [-0.15, -0.1) is 0 Å². The zero-order valence-electron chi connectivity index (χ0n) is 11.2. The fraction of sp³-hybridized carbons (Fsp3) is 0.533. The van der Waals surface area contributed by atoms with Gasteiger partial charge in [-0.05, 0) is 36.6 Å². The third-order valence-electron chi connectivity index (χ3n) is 3.00. The van der Waals surface area contributed by atoms with E-state index in [4.69, 9.17) is 4.74 Å². The highest BCUT2D eigenvalue weighted by molar-refractivity contribution is 5.97. The third-order valence-corrected chi connectivity index (χ3v) is 3.00. The summed E-state index contributed by atoms with van der Waals surface area (Å²) in [6.45, 7) is 6.38. The van der Waals surface area contributed by atoms with Crippen molar-refractivity contribution < 1.29 is 9.53 Å². The zero-order valence-corrected chi connectivity index (χ0v) is 11.2. The van der Waals surface area contributed by atoms with Crippen molar-refractivity contribution in [3.8, 4) is 5.75 Å². The van der Waals surface area contributed by atoms with E-state index in [0.717, 1.165) is 24.2 Å². The molecule has 0 fully saturated rings. The average Bonchev–Trinajstić information content (AvgIpc) is 2.35. The molecule has 1 unspecified atom stereocenters. The van der Waals surface area contributed by atoms with E-state index in [1.54, 1.807) is 7.11 Å². The Bertz CT molecular complexity index is 352. The molecule has 1 aromatic carbocycles. The van der Waals surface area contributed by atoms with E-state index in [-0.39, 0.29) is 11.7 Å². The van der Waals surface area contributed by atoms with Gasteiger partial charge in [-0.3, -0.25) is 4.79 Å². The molecule has 1 aromatic rings. The van der Waals surface area contributed by atoms with Crippen LogP contribution in [0.15, 0.2) is 24.3 Å². The predicted molar refractivity (Wildman–Crippen MR) is 70.6 cm³/mol. The second-order valence-electron chi connectivity index (χ2n) is 4.96. The lowest BCUT2D eigenvalue weighted by Gasteiger charge is -2.12. The normalized spacial score (nSPS) is 12.5. The summed E-state index contributed by atoms with van der Waals surface area (Å²) in [5.41, 5.74) is 0.780. The molecule has 0 saturated heterocycles. The van der Waals surface area contributed by atoms with E-state index in [9.17, 15) is 4.79 Å². The Morgan fingerprint density at radius 3 is 2.18 bits per heavy atom. The zero-order chi connectivity index (χ0) is 12.8. The number of rotatable bonds is 6. The lowest BCUT2D eigenvalue weighted by Crippen LogP contribution is -2.12. The lowest BCUT2D eigenvalue weighted by molar-refractivity contribution is 0.0920. The van der Waals surface area contributed by atoms with Crippen LogP contribution < -0.4 is 4.74 Å². The lowest BCUT2D eigenvalue weighted by atomic mass is 9.92. The molecule has 1 atom stereocenters. The van der Waals surface area contributed by atoms with Gasteiger partial charge in [0.15, 0.2) is 5.78 Å². The summed E-state index contributed by atoms with van der Waals surface area (Å²) in [5, 5.41) is 0. The SMILES string of the molecule is COc1ccc(C(=O)C(C)CCC(C)C)cc1. The molecule has 0 aliphatic carbocycles. The summed E-state index contributed by atoms with van der Waals surface area (Å²) in [6, 6.07) is 7.35. The maximum absolute atomic E-state index is 12.1. The van der Waals surface area contributed by atoms with E-state index in [2.05, 4.69) is 13.8 Å².